The minimum Gasteiger partial charge on any atom is -0.508 e. The van der Waals surface area contributed by atoms with Crippen LogP contribution < -0.4 is 4.74 Å². The average molecular weight is 363 g/mol. The molecule has 1 rings (SSSR count). The van der Waals surface area contributed by atoms with E-state index in [4.69, 9.17) is 4.74 Å². The molecule has 0 aliphatic heterocycles. The van der Waals surface area contributed by atoms with Crippen LogP contribution in [-0.4, -0.2) is 23.3 Å². The molecule has 4 heteroatoms. The molecular weight excluding hydrogens is 328 g/mol. The molecule has 4 nitrogen and oxygen atoms in total. The molecule has 1 N–H and O–H groups in total. The Hall–Kier alpha value is -1.84. The summed E-state index contributed by atoms with van der Waals surface area (Å²) in [5.41, 5.74) is 0. The number of hydrogen-bond acceptors (Lipinski definition) is 4. The van der Waals surface area contributed by atoms with Gasteiger partial charge in [-0.15, -0.1) is 0 Å². The maximum absolute atomic E-state index is 11.9. The number of Topliss-reactive ketones (excluding diaryl/α,β-unsaturated/α-hetero) is 2. The molecule has 0 saturated carbocycles. The molecule has 0 spiro atoms. The summed E-state index contributed by atoms with van der Waals surface area (Å²) in [6.07, 6.45) is 9.40. The van der Waals surface area contributed by atoms with E-state index in [2.05, 4.69) is 0 Å². The van der Waals surface area contributed by atoms with E-state index in [1.807, 2.05) is 13.8 Å². The summed E-state index contributed by atoms with van der Waals surface area (Å²) in [5, 5.41) is 9.21. The molecule has 0 aromatic heterocycles. The fraction of sp³-hybridized carbons (Fsp3) is 0.636. The average Bonchev–Trinajstić information content (AvgIpc) is 2.66. The van der Waals surface area contributed by atoms with Crippen molar-refractivity contribution in [3.05, 3.63) is 24.3 Å². The SMILES string of the molecule is CCC(=O)C(CCCCCCCCCOc1ccc(O)cc1)C(=O)CC. The Labute approximate surface area is 158 Å². The number of carbonyl (C=O) groups is 2. The highest BCUT2D eigenvalue weighted by atomic mass is 16.5. The van der Waals surface area contributed by atoms with Crippen molar-refractivity contribution < 1.29 is 19.4 Å². The van der Waals surface area contributed by atoms with Crippen molar-refractivity contribution in [3.8, 4) is 11.5 Å². The van der Waals surface area contributed by atoms with E-state index in [-0.39, 0.29) is 23.2 Å². The van der Waals surface area contributed by atoms with Crippen LogP contribution in [0.1, 0.15) is 78.1 Å². The van der Waals surface area contributed by atoms with Crippen molar-refractivity contribution in [3.63, 3.8) is 0 Å². The van der Waals surface area contributed by atoms with Gasteiger partial charge in [-0.25, -0.2) is 0 Å². The molecule has 1 aromatic carbocycles. The number of ether oxygens (including phenoxy) is 1. The van der Waals surface area contributed by atoms with Crippen LogP contribution in [0.2, 0.25) is 0 Å². The minimum absolute atomic E-state index is 0.102. The zero-order valence-corrected chi connectivity index (χ0v) is 16.3. The van der Waals surface area contributed by atoms with Gasteiger partial charge in [-0.2, -0.15) is 0 Å². The van der Waals surface area contributed by atoms with Crippen LogP contribution in [-0.2, 0) is 9.59 Å². The second-order valence-corrected chi connectivity index (χ2v) is 6.80. The maximum atomic E-state index is 11.9. The third kappa shape index (κ3) is 9.02. The van der Waals surface area contributed by atoms with E-state index in [1.165, 1.54) is 12.8 Å². The van der Waals surface area contributed by atoms with Crippen molar-refractivity contribution in [2.75, 3.05) is 6.61 Å². The van der Waals surface area contributed by atoms with Crippen LogP contribution >= 0.6 is 0 Å². The first-order valence-electron chi connectivity index (χ1n) is 10.1. The van der Waals surface area contributed by atoms with E-state index in [0.29, 0.717) is 19.4 Å². The number of aromatic hydroxyl groups is 1. The van der Waals surface area contributed by atoms with Crippen LogP contribution in [0, 0.1) is 5.92 Å². The fourth-order valence-corrected chi connectivity index (χ4v) is 3.06. The lowest BCUT2D eigenvalue weighted by Crippen LogP contribution is -2.22. The van der Waals surface area contributed by atoms with Crippen molar-refractivity contribution in [2.24, 2.45) is 5.92 Å². The highest BCUT2D eigenvalue weighted by Crippen LogP contribution is 2.18. The minimum atomic E-state index is -0.359. The largest absolute Gasteiger partial charge is 0.508 e. The summed E-state index contributed by atoms with van der Waals surface area (Å²) in [6.45, 7) is 4.37. The maximum Gasteiger partial charge on any atom is 0.143 e. The number of phenols is 1. The molecule has 26 heavy (non-hydrogen) atoms. The smallest absolute Gasteiger partial charge is 0.143 e. The van der Waals surface area contributed by atoms with Crippen LogP contribution in [0.5, 0.6) is 11.5 Å². The number of ketones is 2. The number of benzene rings is 1. The molecule has 0 saturated heterocycles. The van der Waals surface area contributed by atoms with Crippen molar-refractivity contribution in [1.82, 2.24) is 0 Å². The van der Waals surface area contributed by atoms with E-state index >= 15 is 0 Å². The number of hydrogen-bond donors (Lipinski definition) is 1. The van der Waals surface area contributed by atoms with Crippen LogP contribution in [0.15, 0.2) is 24.3 Å². The summed E-state index contributed by atoms with van der Waals surface area (Å²) in [6, 6.07) is 6.80. The Bertz CT molecular complexity index is 505. The Kier molecular flexibility index (Phi) is 11.4. The standard InChI is InChI=1S/C22H34O4/c1-3-21(24)20(22(25)4-2)12-10-8-6-5-7-9-11-17-26-19-15-13-18(23)14-16-19/h13-16,20,23H,3-12,17H2,1-2H3. The van der Waals surface area contributed by atoms with E-state index in [9.17, 15) is 14.7 Å². The Balaban J connectivity index is 2.00. The van der Waals surface area contributed by atoms with Crippen molar-refractivity contribution in [1.29, 1.82) is 0 Å². The van der Waals surface area contributed by atoms with Gasteiger partial charge >= 0.3 is 0 Å². The molecule has 0 fully saturated rings. The number of unbranched alkanes of at least 4 members (excludes halogenated alkanes) is 6. The van der Waals surface area contributed by atoms with Gasteiger partial charge in [-0.1, -0.05) is 52.4 Å². The molecule has 0 radical (unpaired) electrons. The lowest BCUT2D eigenvalue weighted by molar-refractivity contribution is -0.132. The molecule has 0 heterocycles. The van der Waals surface area contributed by atoms with E-state index < -0.39 is 0 Å². The predicted molar refractivity (Wildman–Crippen MR) is 105 cm³/mol. The molecule has 0 aliphatic carbocycles. The molecule has 0 bridgehead atoms. The Morgan fingerprint density at radius 1 is 0.846 bits per heavy atom. The van der Waals surface area contributed by atoms with Crippen molar-refractivity contribution >= 4 is 11.6 Å². The summed E-state index contributed by atoms with van der Waals surface area (Å²) < 4.78 is 5.62. The fourth-order valence-electron chi connectivity index (χ4n) is 3.06. The van der Waals surface area contributed by atoms with E-state index in [0.717, 1.165) is 44.3 Å². The van der Waals surface area contributed by atoms with Gasteiger partial charge in [0.2, 0.25) is 0 Å². The summed E-state index contributed by atoms with van der Waals surface area (Å²) in [7, 11) is 0. The number of phenolic OH excluding ortho intramolecular Hbond substituents is 1. The summed E-state index contributed by atoms with van der Waals surface area (Å²) in [4.78, 5) is 23.7. The molecule has 0 aliphatic rings. The topological polar surface area (TPSA) is 63.6 Å². The highest BCUT2D eigenvalue weighted by Gasteiger charge is 2.22. The van der Waals surface area contributed by atoms with Crippen molar-refractivity contribution in [2.45, 2.75) is 78.1 Å². The van der Waals surface area contributed by atoms with Gasteiger partial charge in [0.25, 0.3) is 0 Å². The molecule has 1 aromatic rings. The first-order chi connectivity index (χ1) is 12.6. The predicted octanol–water partition coefficient (Wildman–Crippen LogP) is 5.47. The summed E-state index contributed by atoms with van der Waals surface area (Å²) in [5.74, 6) is 0.889. The first-order valence-corrected chi connectivity index (χ1v) is 10.1. The van der Waals surface area contributed by atoms with Crippen LogP contribution in [0.4, 0.5) is 0 Å². The molecule has 0 amide bonds. The molecule has 0 unspecified atom stereocenters. The highest BCUT2D eigenvalue weighted by molar-refractivity contribution is 6.02. The summed E-state index contributed by atoms with van der Waals surface area (Å²) >= 11 is 0. The zero-order chi connectivity index (χ0) is 19.2. The van der Waals surface area contributed by atoms with Gasteiger partial charge < -0.3 is 9.84 Å². The quantitative estimate of drug-likeness (QED) is 0.332. The van der Waals surface area contributed by atoms with Gasteiger partial charge in [0.15, 0.2) is 0 Å². The van der Waals surface area contributed by atoms with Gasteiger partial charge in [0.1, 0.15) is 23.1 Å². The van der Waals surface area contributed by atoms with Gasteiger partial charge in [0, 0.05) is 12.8 Å². The number of rotatable bonds is 15. The Morgan fingerprint density at radius 2 is 1.35 bits per heavy atom. The normalized spacial score (nSPS) is 10.9. The second-order valence-electron chi connectivity index (χ2n) is 6.80. The monoisotopic (exact) mass is 362 g/mol. The molecule has 0 atom stereocenters. The first kappa shape index (κ1) is 22.2. The molecule has 146 valence electrons. The number of carbonyl (C=O) groups excluding carboxylic acids is 2. The third-order valence-corrected chi connectivity index (χ3v) is 4.72. The second kappa shape index (κ2) is 13.4. The molecular formula is C22H34O4. The Morgan fingerprint density at radius 3 is 1.88 bits per heavy atom. The van der Waals surface area contributed by atoms with Crippen LogP contribution in [0.25, 0.3) is 0 Å². The third-order valence-electron chi connectivity index (χ3n) is 4.72. The zero-order valence-electron chi connectivity index (χ0n) is 16.3. The van der Waals surface area contributed by atoms with Gasteiger partial charge in [-0.3, -0.25) is 9.59 Å². The van der Waals surface area contributed by atoms with Gasteiger partial charge in [0.05, 0.1) is 12.5 Å². The lowest BCUT2D eigenvalue weighted by atomic mass is 9.90. The van der Waals surface area contributed by atoms with Crippen LogP contribution in [0.3, 0.4) is 0 Å². The lowest BCUT2D eigenvalue weighted by Gasteiger charge is -2.12. The van der Waals surface area contributed by atoms with Gasteiger partial charge in [-0.05, 0) is 37.1 Å². The van der Waals surface area contributed by atoms with E-state index in [1.54, 1.807) is 24.3 Å².